The Hall–Kier alpha value is -0.740. The highest BCUT2D eigenvalue weighted by Crippen LogP contribution is 2.34. The Balaban J connectivity index is 2.40. The molecule has 0 saturated heterocycles. The molecule has 0 radical (unpaired) electrons. The summed E-state index contributed by atoms with van der Waals surface area (Å²) in [6, 6.07) is 6.93. The van der Waals surface area contributed by atoms with E-state index in [1.54, 1.807) is 11.8 Å². The molecule has 1 fully saturated rings. The van der Waals surface area contributed by atoms with Crippen LogP contribution in [0.4, 0.5) is 5.69 Å². The molecule has 2 N–H and O–H groups in total. The van der Waals surface area contributed by atoms with E-state index in [4.69, 9.17) is 18.0 Å². The average molecular weight is 266 g/mol. The maximum absolute atomic E-state index is 5.88. The summed E-state index contributed by atoms with van der Waals surface area (Å²) in [4.78, 5) is 4.00. The largest absolute Gasteiger partial charge is 0.389 e. The molecule has 0 unspecified atom stereocenters. The predicted octanol–water partition coefficient (Wildman–Crippen LogP) is 3.03. The lowest BCUT2D eigenvalue weighted by atomic mass is 9.91. The minimum absolute atomic E-state index is 0.496. The first kappa shape index (κ1) is 12.7. The Morgan fingerprint density at radius 1 is 1.47 bits per heavy atom. The molecule has 92 valence electrons. The highest BCUT2D eigenvalue weighted by Gasteiger charge is 2.25. The molecule has 0 spiro atoms. The van der Waals surface area contributed by atoms with E-state index in [9.17, 15) is 0 Å². The van der Waals surface area contributed by atoms with Gasteiger partial charge in [-0.15, -0.1) is 11.8 Å². The summed E-state index contributed by atoms with van der Waals surface area (Å²) in [5.74, 6) is 0. The van der Waals surface area contributed by atoms with Gasteiger partial charge >= 0.3 is 0 Å². The molecule has 0 aromatic heterocycles. The van der Waals surface area contributed by atoms with Gasteiger partial charge in [0.1, 0.15) is 4.99 Å². The molecule has 4 heteroatoms. The monoisotopic (exact) mass is 266 g/mol. The molecule has 1 aromatic carbocycles. The number of thiocarbonyl (C=S) groups is 1. The number of hydrogen-bond acceptors (Lipinski definition) is 3. The number of rotatable bonds is 4. The first-order valence-electron chi connectivity index (χ1n) is 5.84. The Labute approximate surface area is 113 Å². The molecule has 0 heterocycles. The van der Waals surface area contributed by atoms with Crippen LogP contribution < -0.4 is 10.6 Å². The first-order valence-corrected chi connectivity index (χ1v) is 7.48. The fourth-order valence-electron chi connectivity index (χ4n) is 2.20. The van der Waals surface area contributed by atoms with Crippen LogP contribution in [0.15, 0.2) is 23.1 Å². The van der Waals surface area contributed by atoms with E-state index < -0.39 is 0 Å². The third-order valence-corrected chi connectivity index (χ3v) is 4.46. The lowest BCUT2D eigenvalue weighted by molar-refractivity contribution is 0.401. The van der Waals surface area contributed by atoms with E-state index in [0.717, 1.165) is 5.56 Å². The van der Waals surface area contributed by atoms with Gasteiger partial charge in [-0.25, -0.2) is 0 Å². The Kier molecular flexibility index (Phi) is 3.94. The van der Waals surface area contributed by atoms with Crippen molar-refractivity contribution in [3.05, 3.63) is 23.8 Å². The molecule has 0 bridgehead atoms. The van der Waals surface area contributed by atoms with Crippen molar-refractivity contribution in [1.82, 2.24) is 0 Å². The van der Waals surface area contributed by atoms with Gasteiger partial charge in [0.15, 0.2) is 0 Å². The summed E-state index contributed by atoms with van der Waals surface area (Å²) in [6.45, 7) is 0. The molecule has 1 aliphatic carbocycles. The molecule has 1 saturated carbocycles. The quantitative estimate of drug-likeness (QED) is 0.670. The van der Waals surface area contributed by atoms with Crippen LogP contribution in [0.25, 0.3) is 0 Å². The van der Waals surface area contributed by atoms with E-state index in [0.29, 0.717) is 11.0 Å². The third-order valence-electron chi connectivity index (χ3n) is 3.47. The van der Waals surface area contributed by atoms with Crippen molar-refractivity contribution in [2.45, 2.75) is 30.2 Å². The smallest absolute Gasteiger partial charge is 0.107 e. The molecule has 0 amide bonds. The fraction of sp³-hybridized carbons (Fsp3) is 0.462. The fourth-order valence-corrected chi connectivity index (χ4v) is 3.11. The van der Waals surface area contributed by atoms with Gasteiger partial charge in [-0.05, 0) is 37.7 Å². The highest BCUT2D eigenvalue weighted by atomic mass is 32.2. The van der Waals surface area contributed by atoms with Crippen LogP contribution in [0.3, 0.4) is 0 Å². The number of nitrogens with two attached hydrogens (primary N) is 1. The van der Waals surface area contributed by atoms with Crippen LogP contribution in [0.2, 0.25) is 0 Å². The normalized spacial score (nSPS) is 15.4. The lowest BCUT2D eigenvalue weighted by Gasteiger charge is -2.37. The standard InChI is InChI=1S/C13H18N2S2/c1-15(9-5-3-6-9)10-7-4-8-11(17-2)12(10)13(14)16/h4,7-9H,3,5-6H2,1-2H3,(H2,14,16). The van der Waals surface area contributed by atoms with Gasteiger partial charge in [0.2, 0.25) is 0 Å². The van der Waals surface area contributed by atoms with Gasteiger partial charge in [-0.3, -0.25) is 0 Å². The van der Waals surface area contributed by atoms with Crippen LogP contribution in [0, 0.1) is 0 Å². The van der Waals surface area contributed by atoms with Crippen molar-refractivity contribution in [2.24, 2.45) is 5.73 Å². The van der Waals surface area contributed by atoms with Gasteiger partial charge in [0.25, 0.3) is 0 Å². The second-order valence-electron chi connectivity index (χ2n) is 4.41. The van der Waals surface area contributed by atoms with E-state index >= 15 is 0 Å². The van der Waals surface area contributed by atoms with E-state index in [-0.39, 0.29) is 0 Å². The molecule has 17 heavy (non-hydrogen) atoms. The van der Waals surface area contributed by atoms with Gasteiger partial charge < -0.3 is 10.6 Å². The van der Waals surface area contributed by atoms with E-state index in [2.05, 4.69) is 36.4 Å². The van der Waals surface area contributed by atoms with Gasteiger partial charge in [-0.1, -0.05) is 18.3 Å². The van der Waals surface area contributed by atoms with Crippen LogP contribution in [-0.4, -0.2) is 24.3 Å². The average Bonchev–Trinajstić information content (AvgIpc) is 2.25. The maximum atomic E-state index is 5.88. The van der Waals surface area contributed by atoms with Crippen molar-refractivity contribution in [3.8, 4) is 0 Å². The van der Waals surface area contributed by atoms with Crippen molar-refractivity contribution in [2.75, 3.05) is 18.2 Å². The SMILES string of the molecule is CSc1cccc(N(C)C2CCC2)c1C(N)=S. The zero-order valence-electron chi connectivity index (χ0n) is 10.3. The molecular formula is C13H18N2S2. The number of hydrogen-bond donors (Lipinski definition) is 1. The van der Waals surface area contributed by atoms with Crippen LogP contribution >= 0.6 is 24.0 Å². The number of benzene rings is 1. The first-order chi connectivity index (χ1) is 8.15. The van der Waals surface area contributed by atoms with Gasteiger partial charge in [0.05, 0.1) is 0 Å². The highest BCUT2D eigenvalue weighted by molar-refractivity contribution is 7.98. The maximum Gasteiger partial charge on any atom is 0.107 e. The summed E-state index contributed by atoms with van der Waals surface area (Å²) < 4.78 is 0. The summed E-state index contributed by atoms with van der Waals surface area (Å²) in [5, 5.41) is 0. The molecule has 2 nitrogen and oxygen atoms in total. The summed E-state index contributed by atoms with van der Waals surface area (Å²) in [6.07, 6.45) is 5.94. The second-order valence-corrected chi connectivity index (χ2v) is 5.70. The van der Waals surface area contributed by atoms with Crippen molar-refractivity contribution in [1.29, 1.82) is 0 Å². The Bertz CT molecular complexity index is 427. The Morgan fingerprint density at radius 3 is 2.65 bits per heavy atom. The zero-order chi connectivity index (χ0) is 12.4. The summed E-state index contributed by atoms with van der Waals surface area (Å²) in [7, 11) is 2.14. The topological polar surface area (TPSA) is 29.3 Å². The molecule has 2 rings (SSSR count). The number of anilines is 1. The van der Waals surface area contributed by atoms with Gasteiger partial charge in [-0.2, -0.15) is 0 Å². The second kappa shape index (κ2) is 5.27. The Morgan fingerprint density at radius 2 is 2.18 bits per heavy atom. The minimum Gasteiger partial charge on any atom is -0.389 e. The summed E-state index contributed by atoms with van der Waals surface area (Å²) >= 11 is 6.90. The molecule has 0 atom stereocenters. The van der Waals surface area contributed by atoms with Crippen molar-refractivity contribution in [3.63, 3.8) is 0 Å². The predicted molar refractivity (Wildman–Crippen MR) is 80.2 cm³/mol. The van der Waals surface area contributed by atoms with Gasteiger partial charge in [0, 0.05) is 29.2 Å². The number of nitrogens with zero attached hydrogens (tertiary/aromatic N) is 1. The molecule has 0 aliphatic heterocycles. The van der Waals surface area contributed by atoms with Crippen molar-refractivity contribution >= 4 is 34.7 Å². The lowest BCUT2D eigenvalue weighted by Crippen LogP contribution is -2.38. The number of thioether (sulfide) groups is 1. The van der Waals surface area contributed by atoms with Crippen molar-refractivity contribution < 1.29 is 0 Å². The summed E-state index contributed by atoms with van der Waals surface area (Å²) in [5.41, 5.74) is 8.09. The zero-order valence-corrected chi connectivity index (χ0v) is 11.9. The third kappa shape index (κ3) is 2.43. The van der Waals surface area contributed by atoms with Crippen LogP contribution in [-0.2, 0) is 0 Å². The van der Waals surface area contributed by atoms with Crippen LogP contribution in [0.1, 0.15) is 24.8 Å². The molecule has 1 aliphatic rings. The minimum atomic E-state index is 0.496. The molecule has 1 aromatic rings. The van der Waals surface area contributed by atoms with Crippen LogP contribution in [0.5, 0.6) is 0 Å². The van der Waals surface area contributed by atoms with E-state index in [1.807, 2.05) is 0 Å². The van der Waals surface area contributed by atoms with E-state index in [1.165, 1.54) is 29.8 Å². The molecular weight excluding hydrogens is 248 g/mol.